The molecular weight excluding hydrogens is 274 g/mol. The minimum absolute atomic E-state index is 0.424. The largest absolute Gasteiger partial charge is 0.357 e. The summed E-state index contributed by atoms with van der Waals surface area (Å²) in [5.74, 6) is 1.95. The number of anilines is 1. The highest BCUT2D eigenvalue weighted by molar-refractivity contribution is 5.79. The van der Waals surface area contributed by atoms with E-state index in [1.54, 1.807) is 0 Å². The predicted molar refractivity (Wildman–Crippen MR) is 93.4 cm³/mol. The smallest absolute Gasteiger partial charge is 0.191 e. The fourth-order valence-electron chi connectivity index (χ4n) is 2.58. The zero-order valence-electron chi connectivity index (χ0n) is 14.1. The minimum atomic E-state index is 0.424. The summed E-state index contributed by atoms with van der Waals surface area (Å²) in [4.78, 5) is 11.2. The van der Waals surface area contributed by atoms with Gasteiger partial charge in [-0.1, -0.05) is 6.92 Å². The van der Waals surface area contributed by atoms with Crippen molar-refractivity contribution in [1.82, 2.24) is 15.6 Å². The molecule has 122 valence electrons. The molecule has 0 amide bonds. The summed E-state index contributed by atoms with van der Waals surface area (Å²) in [6.45, 7) is 7.34. The number of nitrogens with zero attached hydrogens (tertiary/aromatic N) is 3. The van der Waals surface area contributed by atoms with E-state index in [0.717, 1.165) is 37.8 Å². The van der Waals surface area contributed by atoms with E-state index in [1.165, 1.54) is 24.8 Å². The molecule has 0 spiro atoms. The SMILES string of the molecule is CCC(C)NC(=NC)NCc1ccnc(N2CCCCC2)c1. The molecule has 1 atom stereocenters. The number of pyridine rings is 1. The zero-order chi connectivity index (χ0) is 15.8. The van der Waals surface area contributed by atoms with Crippen molar-refractivity contribution in [1.29, 1.82) is 0 Å². The van der Waals surface area contributed by atoms with Crippen molar-refractivity contribution in [2.75, 3.05) is 25.0 Å². The van der Waals surface area contributed by atoms with E-state index in [9.17, 15) is 0 Å². The minimum Gasteiger partial charge on any atom is -0.357 e. The maximum atomic E-state index is 4.52. The second kappa shape index (κ2) is 8.61. The number of piperidine rings is 1. The van der Waals surface area contributed by atoms with Crippen LogP contribution in [-0.4, -0.2) is 37.1 Å². The number of hydrogen-bond acceptors (Lipinski definition) is 3. The van der Waals surface area contributed by atoms with Crippen LogP contribution in [0.5, 0.6) is 0 Å². The molecule has 1 aromatic rings. The molecule has 2 heterocycles. The highest BCUT2D eigenvalue weighted by Gasteiger charge is 2.12. The Labute approximate surface area is 134 Å². The lowest BCUT2D eigenvalue weighted by Gasteiger charge is -2.28. The normalized spacial score (nSPS) is 17.2. The summed E-state index contributed by atoms with van der Waals surface area (Å²) < 4.78 is 0. The molecule has 1 saturated heterocycles. The van der Waals surface area contributed by atoms with E-state index in [1.807, 2.05) is 13.2 Å². The molecule has 2 rings (SSSR count). The Bertz CT molecular complexity index is 480. The van der Waals surface area contributed by atoms with Gasteiger partial charge in [0.15, 0.2) is 5.96 Å². The van der Waals surface area contributed by atoms with Crippen molar-refractivity contribution in [3.05, 3.63) is 23.9 Å². The van der Waals surface area contributed by atoms with Crippen molar-refractivity contribution in [2.24, 2.45) is 4.99 Å². The quantitative estimate of drug-likeness (QED) is 0.648. The molecule has 0 aliphatic carbocycles. The van der Waals surface area contributed by atoms with Crippen molar-refractivity contribution in [2.45, 2.75) is 52.1 Å². The van der Waals surface area contributed by atoms with E-state index < -0.39 is 0 Å². The van der Waals surface area contributed by atoms with Gasteiger partial charge < -0.3 is 15.5 Å². The summed E-state index contributed by atoms with van der Waals surface area (Å²) in [5, 5.41) is 6.75. The monoisotopic (exact) mass is 303 g/mol. The lowest BCUT2D eigenvalue weighted by molar-refractivity contribution is 0.573. The Morgan fingerprint density at radius 3 is 2.82 bits per heavy atom. The maximum absolute atomic E-state index is 4.52. The molecule has 0 aromatic carbocycles. The molecule has 5 heteroatoms. The second-order valence-corrected chi connectivity index (χ2v) is 5.95. The van der Waals surface area contributed by atoms with Crippen LogP contribution >= 0.6 is 0 Å². The third-order valence-corrected chi connectivity index (χ3v) is 4.17. The third-order valence-electron chi connectivity index (χ3n) is 4.17. The van der Waals surface area contributed by atoms with Gasteiger partial charge in [-0.05, 0) is 50.3 Å². The predicted octanol–water partition coefficient (Wildman–Crippen LogP) is 2.54. The van der Waals surface area contributed by atoms with E-state index in [2.05, 4.69) is 51.5 Å². The Kier molecular flexibility index (Phi) is 6.49. The molecule has 2 N–H and O–H groups in total. The molecule has 1 aliphatic heterocycles. The molecule has 0 radical (unpaired) electrons. The van der Waals surface area contributed by atoms with Crippen molar-refractivity contribution >= 4 is 11.8 Å². The van der Waals surface area contributed by atoms with Crippen molar-refractivity contribution < 1.29 is 0 Å². The van der Waals surface area contributed by atoms with Crippen molar-refractivity contribution in [3.8, 4) is 0 Å². The van der Waals surface area contributed by atoms with Gasteiger partial charge in [0.2, 0.25) is 0 Å². The van der Waals surface area contributed by atoms with E-state index in [-0.39, 0.29) is 0 Å². The van der Waals surface area contributed by atoms with E-state index in [0.29, 0.717) is 6.04 Å². The van der Waals surface area contributed by atoms with Gasteiger partial charge in [-0.3, -0.25) is 4.99 Å². The highest BCUT2D eigenvalue weighted by atomic mass is 15.2. The van der Waals surface area contributed by atoms with E-state index >= 15 is 0 Å². The van der Waals surface area contributed by atoms with Gasteiger partial charge in [0, 0.05) is 38.9 Å². The number of aliphatic imine (C=N–C) groups is 1. The summed E-state index contributed by atoms with van der Waals surface area (Å²) in [6, 6.07) is 4.68. The first-order valence-corrected chi connectivity index (χ1v) is 8.40. The van der Waals surface area contributed by atoms with Crippen LogP contribution in [0, 0.1) is 0 Å². The highest BCUT2D eigenvalue weighted by Crippen LogP contribution is 2.18. The second-order valence-electron chi connectivity index (χ2n) is 5.95. The number of hydrogen-bond donors (Lipinski definition) is 2. The maximum Gasteiger partial charge on any atom is 0.191 e. The number of guanidine groups is 1. The standard InChI is InChI=1S/C17H29N5/c1-4-14(2)21-17(18-3)20-13-15-8-9-19-16(12-15)22-10-6-5-7-11-22/h8-9,12,14H,4-7,10-11,13H2,1-3H3,(H2,18,20,21). The van der Waals surface area contributed by atoms with Gasteiger partial charge in [-0.15, -0.1) is 0 Å². The van der Waals surface area contributed by atoms with Crippen LogP contribution in [0.4, 0.5) is 5.82 Å². The summed E-state index contributed by atoms with van der Waals surface area (Å²) >= 11 is 0. The fourth-order valence-corrected chi connectivity index (χ4v) is 2.58. The molecule has 22 heavy (non-hydrogen) atoms. The van der Waals surface area contributed by atoms with Crippen LogP contribution in [-0.2, 0) is 6.54 Å². The molecular formula is C17H29N5. The van der Waals surface area contributed by atoms with Gasteiger partial charge in [0.25, 0.3) is 0 Å². The average Bonchev–Trinajstić information content (AvgIpc) is 2.59. The van der Waals surface area contributed by atoms with Crippen LogP contribution in [0.3, 0.4) is 0 Å². The van der Waals surface area contributed by atoms with Crippen LogP contribution in [0.15, 0.2) is 23.3 Å². The summed E-state index contributed by atoms with van der Waals surface area (Å²) in [5.41, 5.74) is 1.24. The van der Waals surface area contributed by atoms with Crippen LogP contribution < -0.4 is 15.5 Å². The topological polar surface area (TPSA) is 52.6 Å². The summed E-state index contributed by atoms with van der Waals surface area (Å²) in [6.07, 6.45) is 6.88. The van der Waals surface area contributed by atoms with Crippen LogP contribution in [0.2, 0.25) is 0 Å². The van der Waals surface area contributed by atoms with Crippen LogP contribution in [0.1, 0.15) is 45.1 Å². The fraction of sp³-hybridized carbons (Fsp3) is 0.647. The Morgan fingerprint density at radius 1 is 1.36 bits per heavy atom. The van der Waals surface area contributed by atoms with Gasteiger partial charge >= 0.3 is 0 Å². The Morgan fingerprint density at radius 2 is 2.14 bits per heavy atom. The molecule has 1 aromatic heterocycles. The number of rotatable bonds is 5. The van der Waals surface area contributed by atoms with Gasteiger partial charge in [-0.25, -0.2) is 4.98 Å². The molecule has 1 aliphatic rings. The molecule has 1 fully saturated rings. The van der Waals surface area contributed by atoms with Crippen molar-refractivity contribution in [3.63, 3.8) is 0 Å². The molecule has 5 nitrogen and oxygen atoms in total. The molecule has 0 saturated carbocycles. The first-order chi connectivity index (χ1) is 10.7. The Balaban J connectivity index is 1.92. The number of aromatic nitrogens is 1. The molecule has 0 bridgehead atoms. The first kappa shape index (κ1) is 16.6. The zero-order valence-corrected chi connectivity index (χ0v) is 14.1. The Hall–Kier alpha value is -1.78. The van der Waals surface area contributed by atoms with E-state index in [4.69, 9.17) is 0 Å². The first-order valence-electron chi connectivity index (χ1n) is 8.40. The van der Waals surface area contributed by atoms with Gasteiger partial charge in [-0.2, -0.15) is 0 Å². The van der Waals surface area contributed by atoms with Crippen LogP contribution in [0.25, 0.3) is 0 Å². The average molecular weight is 303 g/mol. The lowest BCUT2D eigenvalue weighted by atomic mass is 10.1. The molecule has 1 unspecified atom stereocenters. The van der Waals surface area contributed by atoms with Gasteiger partial charge in [0.05, 0.1) is 0 Å². The van der Waals surface area contributed by atoms with Gasteiger partial charge in [0.1, 0.15) is 5.82 Å². The number of nitrogens with one attached hydrogen (secondary N) is 2. The third kappa shape index (κ3) is 4.90. The lowest BCUT2D eigenvalue weighted by Crippen LogP contribution is -2.41. The summed E-state index contributed by atoms with van der Waals surface area (Å²) in [7, 11) is 1.81.